The van der Waals surface area contributed by atoms with Crippen LogP contribution in [-0.2, 0) is 6.54 Å². The molecule has 0 spiro atoms. The van der Waals surface area contributed by atoms with Crippen molar-refractivity contribution in [3.05, 3.63) is 29.6 Å². The van der Waals surface area contributed by atoms with E-state index in [1.54, 1.807) is 0 Å². The van der Waals surface area contributed by atoms with Gasteiger partial charge in [0.15, 0.2) is 0 Å². The van der Waals surface area contributed by atoms with Crippen LogP contribution in [0.1, 0.15) is 30.4 Å². The topological polar surface area (TPSA) is 24.9 Å². The van der Waals surface area contributed by atoms with Crippen LogP contribution < -0.4 is 5.32 Å². The molecule has 1 fully saturated rings. The first-order valence-electron chi connectivity index (χ1n) is 5.46. The van der Waals surface area contributed by atoms with Crippen LogP contribution in [0.2, 0.25) is 0 Å². The number of hydrogen-bond acceptors (Lipinski definition) is 2. The van der Waals surface area contributed by atoms with E-state index in [1.807, 2.05) is 12.4 Å². The summed E-state index contributed by atoms with van der Waals surface area (Å²) in [6.45, 7) is 4.25. The summed E-state index contributed by atoms with van der Waals surface area (Å²) in [6, 6.07) is 2.07. The molecule has 0 aliphatic heterocycles. The van der Waals surface area contributed by atoms with Gasteiger partial charge in [-0.1, -0.05) is 12.8 Å². The molecule has 0 saturated heterocycles. The van der Waals surface area contributed by atoms with E-state index in [-0.39, 0.29) is 0 Å². The number of rotatable bonds is 5. The smallest absolute Gasteiger partial charge is 0.0315 e. The highest BCUT2D eigenvalue weighted by molar-refractivity contribution is 5.20. The number of hydrogen-bond donors (Lipinski definition) is 1. The maximum atomic E-state index is 4.13. The average molecular weight is 190 g/mol. The highest BCUT2D eigenvalue weighted by Crippen LogP contribution is 2.31. The fourth-order valence-corrected chi connectivity index (χ4v) is 1.62. The van der Waals surface area contributed by atoms with Gasteiger partial charge in [-0.15, -0.1) is 0 Å². The van der Waals surface area contributed by atoms with E-state index in [9.17, 15) is 0 Å². The van der Waals surface area contributed by atoms with Crippen LogP contribution in [-0.4, -0.2) is 11.5 Å². The van der Waals surface area contributed by atoms with Crippen LogP contribution in [0, 0.1) is 12.8 Å². The Kier molecular flexibility index (Phi) is 3.14. The Morgan fingerprint density at radius 2 is 2.36 bits per heavy atom. The summed E-state index contributed by atoms with van der Waals surface area (Å²) in [5, 5.41) is 3.47. The largest absolute Gasteiger partial charge is 0.313 e. The third-order valence-electron chi connectivity index (χ3n) is 2.89. The van der Waals surface area contributed by atoms with Crippen molar-refractivity contribution in [3.63, 3.8) is 0 Å². The van der Waals surface area contributed by atoms with Crippen LogP contribution in [0.3, 0.4) is 0 Å². The van der Waals surface area contributed by atoms with Crippen molar-refractivity contribution in [2.24, 2.45) is 5.92 Å². The van der Waals surface area contributed by atoms with Gasteiger partial charge in [0.2, 0.25) is 0 Å². The summed E-state index contributed by atoms with van der Waals surface area (Å²) in [4.78, 5) is 4.13. The highest BCUT2D eigenvalue weighted by atomic mass is 14.9. The maximum Gasteiger partial charge on any atom is 0.0315 e. The predicted octanol–water partition coefficient (Wildman–Crippen LogP) is 2.28. The first-order valence-corrected chi connectivity index (χ1v) is 5.46. The van der Waals surface area contributed by atoms with Crippen molar-refractivity contribution in [2.75, 3.05) is 6.54 Å². The van der Waals surface area contributed by atoms with E-state index in [0.717, 1.165) is 19.0 Å². The molecule has 2 nitrogen and oxygen atoms in total. The molecule has 0 radical (unpaired) electrons. The quantitative estimate of drug-likeness (QED) is 0.720. The van der Waals surface area contributed by atoms with Crippen molar-refractivity contribution in [3.8, 4) is 0 Å². The lowest BCUT2D eigenvalue weighted by atomic mass is 10.1. The molecule has 0 atom stereocenters. The van der Waals surface area contributed by atoms with Crippen molar-refractivity contribution in [1.82, 2.24) is 10.3 Å². The lowest BCUT2D eigenvalue weighted by Crippen LogP contribution is -2.15. The van der Waals surface area contributed by atoms with Crippen LogP contribution in [0.5, 0.6) is 0 Å². The minimum atomic E-state index is 0.965. The summed E-state index contributed by atoms with van der Waals surface area (Å²) in [5.41, 5.74) is 2.65. The summed E-state index contributed by atoms with van der Waals surface area (Å²) < 4.78 is 0. The maximum absolute atomic E-state index is 4.13. The molecule has 1 aliphatic carbocycles. The Labute approximate surface area is 85.7 Å². The monoisotopic (exact) mass is 190 g/mol. The van der Waals surface area contributed by atoms with Crippen molar-refractivity contribution < 1.29 is 0 Å². The second-order valence-electron chi connectivity index (χ2n) is 4.21. The molecule has 2 rings (SSSR count). The lowest BCUT2D eigenvalue weighted by Gasteiger charge is -2.06. The molecule has 0 amide bonds. The zero-order chi connectivity index (χ0) is 9.80. The Morgan fingerprint density at radius 3 is 3.07 bits per heavy atom. The fraction of sp³-hybridized carbons (Fsp3) is 0.583. The molecule has 1 N–H and O–H groups in total. The van der Waals surface area contributed by atoms with Gasteiger partial charge < -0.3 is 5.32 Å². The first kappa shape index (κ1) is 9.66. The van der Waals surface area contributed by atoms with Gasteiger partial charge in [-0.25, -0.2) is 0 Å². The molecule has 76 valence electrons. The Hall–Kier alpha value is -0.890. The molecular weight excluding hydrogens is 172 g/mol. The SMILES string of the molecule is Cc1ccncc1CNCCC1CC1. The zero-order valence-electron chi connectivity index (χ0n) is 8.79. The number of nitrogens with one attached hydrogen (secondary N) is 1. The number of aromatic nitrogens is 1. The zero-order valence-corrected chi connectivity index (χ0v) is 8.79. The van der Waals surface area contributed by atoms with Gasteiger partial charge in [0, 0.05) is 18.9 Å². The molecule has 1 aromatic heterocycles. The summed E-state index contributed by atoms with van der Waals surface area (Å²) in [6.07, 6.45) is 8.06. The lowest BCUT2D eigenvalue weighted by molar-refractivity contribution is 0.611. The molecule has 14 heavy (non-hydrogen) atoms. The van der Waals surface area contributed by atoms with E-state index in [0.29, 0.717) is 0 Å². The standard InChI is InChI=1S/C12H18N2/c1-10-4-6-13-8-12(10)9-14-7-5-11-2-3-11/h4,6,8,11,14H,2-3,5,7,9H2,1H3. The number of nitrogens with zero attached hydrogens (tertiary/aromatic N) is 1. The van der Waals surface area contributed by atoms with E-state index >= 15 is 0 Å². The van der Waals surface area contributed by atoms with E-state index in [4.69, 9.17) is 0 Å². The number of aryl methyl sites for hydroxylation is 1. The molecule has 2 heteroatoms. The third-order valence-corrected chi connectivity index (χ3v) is 2.89. The summed E-state index contributed by atoms with van der Waals surface area (Å²) in [5.74, 6) is 1.03. The third kappa shape index (κ3) is 2.81. The van der Waals surface area contributed by atoms with Crippen molar-refractivity contribution in [2.45, 2.75) is 32.7 Å². The Bertz CT molecular complexity index is 292. The Balaban J connectivity index is 1.71. The van der Waals surface area contributed by atoms with Crippen molar-refractivity contribution in [1.29, 1.82) is 0 Å². The van der Waals surface area contributed by atoms with E-state index in [2.05, 4.69) is 23.3 Å². The van der Waals surface area contributed by atoms with E-state index < -0.39 is 0 Å². The van der Waals surface area contributed by atoms with Gasteiger partial charge in [0.05, 0.1) is 0 Å². The molecule has 0 aromatic carbocycles. The fourth-order valence-electron chi connectivity index (χ4n) is 1.62. The molecule has 1 saturated carbocycles. The van der Waals surface area contributed by atoms with Crippen LogP contribution >= 0.6 is 0 Å². The Morgan fingerprint density at radius 1 is 1.50 bits per heavy atom. The van der Waals surface area contributed by atoms with Gasteiger partial charge >= 0.3 is 0 Å². The molecule has 1 aromatic rings. The van der Waals surface area contributed by atoms with Crippen LogP contribution in [0.15, 0.2) is 18.5 Å². The first-order chi connectivity index (χ1) is 6.86. The van der Waals surface area contributed by atoms with Gasteiger partial charge in [0.25, 0.3) is 0 Å². The minimum absolute atomic E-state index is 0.965. The average Bonchev–Trinajstić information content (AvgIpc) is 2.99. The summed E-state index contributed by atoms with van der Waals surface area (Å²) in [7, 11) is 0. The second-order valence-corrected chi connectivity index (χ2v) is 4.21. The highest BCUT2D eigenvalue weighted by Gasteiger charge is 2.19. The van der Waals surface area contributed by atoms with E-state index in [1.165, 1.54) is 30.4 Å². The molecular formula is C12H18N2. The van der Waals surface area contributed by atoms with Gasteiger partial charge in [0.1, 0.15) is 0 Å². The van der Waals surface area contributed by atoms with Gasteiger partial charge in [-0.2, -0.15) is 0 Å². The normalized spacial score (nSPS) is 15.8. The predicted molar refractivity (Wildman–Crippen MR) is 58.0 cm³/mol. The minimum Gasteiger partial charge on any atom is -0.313 e. The number of pyridine rings is 1. The molecule has 0 bridgehead atoms. The molecule has 1 heterocycles. The van der Waals surface area contributed by atoms with Crippen LogP contribution in [0.4, 0.5) is 0 Å². The summed E-state index contributed by atoms with van der Waals surface area (Å²) >= 11 is 0. The van der Waals surface area contributed by atoms with Gasteiger partial charge in [-0.05, 0) is 43.0 Å². The molecule has 0 unspecified atom stereocenters. The molecule has 1 aliphatic rings. The van der Waals surface area contributed by atoms with Crippen LogP contribution in [0.25, 0.3) is 0 Å². The van der Waals surface area contributed by atoms with Crippen molar-refractivity contribution >= 4 is 0 Å². The second kappa shape index (κ2) is 4.56. The van der Waals surface area contributed by atoms with Gasteiger partial charge in [-0.3, -0.25) is 4.98 Å².